The molecule has 0 bridgehead atoms. The van der Waals surface area contributed by atoms with E-state index in [9.17, 15) is 0 Å². The predicted octanol–water partition coefficient (Wildman–Crippen LogP) is 5.62. The minimum absolute atomic E-state index is 0.924. The Morgan fingerprint density at radius 3 is 2.40 bits per heavy atom. The highest BCUT2D eigenvalue weighted by Crippen LogP contribution is 2.37. The molecule has 96 valence electrons. The van der Waals surface area contributed by atoms with Crippen molar-refractivity contribution in [1.29, 1.82) is 0 Å². The summed E-state index contributed by atoms with van der Waals surface area (Å²) in [5.41, 5.74) is 2.72. The number of allylic oxidation sites excluding steroid dienone is 1. The Bertz CT molecular complexity index is 944. The number of benzene rings is 4. The molecule has 0 unspecified atom stereocenters. The number of aryl methyl sites for hydroxylation is 1. The number of hydrogen-bond acceptors (Lipinski definition) is 0. The average molecular weight is 256 g/mol. The van der Waals surface area contributed by atoms with Crippen LogP contribution in [0.4, 0.5) is 0 Å². The van der Waals surface area contributed by atoms with Gasteiger partial charge in [0.1, 0.15) is 0 Å². The van der Waals surface area contributed by atoms with Crippen LogP contribution in [0.15, 0.2) is 61.2 Å². The third kappa shape index (κ3) is 1.42. The molecule has 0 radical (unpaired) electrons. The molecule has 0 heteroatoms. The molecule has 0 atom stereocenters. The summed E-state index contributed by atoms with van der Waals surface area (Å²) in [5.74, 6) is 0. The third-order valence-electron chi connectivity index (χ3n) is 4.31. The third-order valence-corrected chi connectivity index (χ3v) is 4.31. The molecule has 4 aromatic carbocycles. The molecular weight excluding hydrogens is 240 g/mol. The summed E-state index contributed by atoms with van der Waals surface area (Å²) in [4.78, 5) is 0. The lowest BCUT2D eigenvalue weighted by Crippen LogP contribution is -1.91. The molecule has 0 aliphatic rings. The fourth-order valence-electron chi connectivity index (χ4n) is 3.39. The van der Waals surface area contributed by atoms with E-state index in [0.29, 0.717) is 0 Å². The van der Waals surface area contributed by atoms with Crippen LogP contribution >= 0.6 is 0 Å². The lowest BCUT2D eigenvalue weighted by Gasteiger charge is -2.15. The van der Waals surface area contributed by atoms with Crippen molar-refractivity contribution in [1.82, 2.24) is 0 Å². The van der Waals surface area contributed by atoms with E-state index in [0.717, 1.165) is 6.42 Å². The zero-order valence-corrected chi connectivity index (χ0v) is 11.6. The van der Waals surface area contributed by atoms with E-state index in [1.165, 1.54) is 43.4 Å². The van der Waals surface area contributed by atoms with Gasteiger partial charge in [-0.05, 0) is 56.8 Å². The van der Waals surface area contributed by atoms with Gasteiger partial charge in [0.15, 0.2) is 0 Å². The Labute approximate surface area is 118 Å². The van der Waals surface area contributed by atoms with Gasteiger partial charge in [0.25, 0.3) is 0 Å². The summed E-state index contributed by atoms with van der Waals surface area (Å²) in [6.07, 6.45) is 2.91. The minimum atomic E-state index is 0.924. The van der Waals surface area contributed by atoms with E-state index in [4.69, 9.17) is 0 Å². The summed E-state index contributed by atoms with van der Waals surface area (Å²) in [7, 11) is 0. The van der Waals surface area contributed by atoms with E-state index < -0.39 is 0 Å². The maximum Gasteiger partial charge on any atom is -0.00237 e. The van der Waals surface area contributed by atoms with E-state index in [1.54, 1.807) is 0 Å². The van der Waals surface area contributed by atoms with Gasteiger partial charge in [-0.2, -0.15) is 0 Å². The van der Waals surface area contributed by atoms with Crippen LogP contribution in [0.3, 0.4) is 0 Å². The molecule has 0 saturated carbocycles. The highest BCUT2D eigenvalue weighted by molar-refractivity contribution is 6.24. The smallest absolute Gasteiger partial charge is 0.00237 e. The molecular formula is C20H16. The summed E-state index contributed by atoms with van der Waals surface area (Å²) < 4.78 is 0. The largest absolute Gasteiger partial charge is 0.103 e. The van der Waals surface area contributed by atoms with Gasteiger partial charge < -0.3 is 0 Å². The van der Waals surface area contributed by atoms with E-state index in [2.05, 4.69) is 62.0 Å². The lowest BCUT2D eigenvalue weighted by molar-refractivity contribution is 1.31. The van der Waals surface area contributed by atoms with Crippen molar-refractivity contribution >= 4 is 32.3 Å². The first-order chi connectivity index (χ1) is 9.79. The fourth-order valence-corrected chi connectivity index (χ4v) is 3.39. The van der Waals surface area contributed by atoms with Gasteiger partial charge in [0.2, 0.25) is 0 Å². The van der Waals surface area contributed by atoms with E-state index >= 15 is 0 Å². The van der Waals surface area contributed by atoms with Crippen molar-refractivity contribution in [3.8, 4) is 0 Å². The van der Waals surface area contributed by atoms with E-state index in [1.807, 2.05) is 6.08 Å². The van der Waals surface area contributed by atoms with Gasteiger partial charge in [0, 0.05) is 0 Å². The van der Waals surface area contributed by atoms with Crippen LogP contribution in [0.5, 0.6) is 0 Å². The molecule has 0 N–H and O–H groups in total. The molecule has 0 heterocycles. The first kappa shape index (κ1) is 11.5. The van der Waals surface area contributed by atoms with Crippen LogP contribution in [-0.4, -0.2) is 0 Å². The number of rotatable bonds is 2. The molecule has 0 fully saturated rings. The SMILES string of the molecule is C=CCc1ccc2ccc3cccc4c(C)cc1c2c34. The highest BCUT2D eigenvalue weighted by atomic mass is 14.1. The van der Waals surface area contributed by atoms with Crippen LogP contribution in [0.2, 0.25) is 0 Å². The van der Waals surface area contributed by atoms with E-state index in [-0.39, 0.29) is 0 Å². The van der Waals surface area contributed by atoms with Gasteiger partial charge in [0.05, 0.1) is 0 Å². The fraction of sp³-hybridized carbons (Fsp3) is 0.100. The topological polar surface area (TPSA) is 0 Å². The molecule has 4 aromatic rings. The van der Waals surface area contributed by atoms with Gasteiger partial charge in [-0.25, -0.2) is 0 Å². The zero-order chi connectivity index (χ0) is 13.7. The van der Waals surface area contributed by atoms with Gasteiger partial charge in [-0.1, -0.05) is 54.6 Å². The molecule has 0 aliphatic heterocycles. The summed E-state index contributed by atoms with van der Waals surface area (Å²) in [6, 6.07) is 17.9. The van der Waals surface area contributed by atoms with Crippen LogP contribution in [0.1, 0.15) is 11.1 Å². The normalized spacial score (nSPS) is 11.7. The predicted molar refractivity (Wildman–Crippen MR) is 88.8 cm³/mol. The quantitative estimate of drug-likeness (QED) is 0.322. The highest BCUT2D eigenvalue weighted by Gasteiger charge is 2.11. The molecule has 0 aliphatic carbocycles. The summed E-state index contributed by atoms with van der Waals surface area (Å²) >= 11 is 0. The monoisotopic (exact) mass is 256 g/mol. The van der Waals surface area contributed by atoms with Crippen LogP contribution < -0.4 is 0 Å². The Balaban J connectivity index is 2.34. The molecule has 0 nitrogen and oxygen atoms in total. The zero-order valence-electron chi connectivity index (χ0n) is 11.6. The Hall–Kier alpha value is -2.34. The van der Waals surface area contributed by atoms with Crippen molar-refractivity contribution in [2.75, 3.05) is 0 Å². The second kappa shape index (κ2) is 4.08. The lowest BCUT2D eigenvalue weighted by atomic mass is 9.89. The Kier molecular flexibility index (Phi) is 2.34. The Morgan fingerprint density at radius 2 is 1.60 bits per heavy atom. The minimum Gasteiger partial charge on any atom is -0.103 e. The molecule has 0 amide bonds. The summed E-state index contributed by atoms with van der Waals surface area (Å²) in [5, 5.41) is 8.23. The first-order valence-electron chi connectivity index (χ1n) is 7.06. The van der Waals surface area contributed by atoms with Gasteiger partial charge in [-0.3, -0.25) is 0 Å². The number of hydrogen-bond donors (Lipinski definition) is 0. The molecule has 0 aromatic heterocycles. The average Bonchev–Trinajstić information content (AvgIpc) is 2.48. The molecule has 0 spiro atoms. The summed E-state index contributed by atoms with van der Waals surface area (Å²) in [6.45, 7) is 6.10. The van der Waals surface area contributed by atoms with Crippen LogP contribution in [-0.2, 0) is 6.42 Å². The Morgan fingerprint density at radius 1 is 0.900 bits per heavy atom. The second-order valence-corrected chi connectivity index (χ2v) is 5.53. The van der Waals surface area contributed by atoms with Crippen molar-refractivity contribution < 1.29 is 0 Å². The van der Waals surface area contributed by atoms with Crippen LogP contribution in [0, 0.1) is 6.92 Å². The van der Waals surface area contributed by atoms with Gasteiger partial charge >= 0.3 is 0 Å². The molecule has 20 heavy (non-hydrogen) atoms. The van der Waals surface area contributed by atoms with Crippen molar-refractivity contribution in [3.63, 3.8) is 0 Å². The van der Waals surface area contributed by atoms with Crippen LogP contribution in [0.25, 0.3) is 32.3 Å². The maximum absolute atomic E-state index is 3.89. The van der Waals surface area contributed by atoms with Crippen molar-refractivity contribution in [2.45, 2.75) is 13.3 Å². The second-order valence-electron chi connectivity index (χ2n) is 5.53. The molecule has 4 rings (SSSR count). The van der Waals surface area contributed by atoms with Gasteiger partial charge in [-0.15, -0.1) is 6.58 Å². The first-order valence-corrected chi connectivity index (χ1v) is 7.06. The van der Waals surface area contributed by atoms with Crippen molar-refractivity contribution in [3.05, 3.63) is 72.3 Å². The maximum atomic E-state index is 3.89. The van der Waals surface area contributed by atoms with Crippen molar-refractivity contribution in [2.24, 2.45) is 0 Å². The molecule has 0 saturated heterocycles. The standard InChI is InChI=1S/C20H16/c1-3-5-14-8-9-16-11-10-15-6-4-7-17-13(2)12-18(14)20(16)19(15)17/h3-4,6-12H,1,5H2,2H3.